The highest BCUT2D eigenvalue weighted by atomic mass is 19.1. The van der Waals surface area contributed by atoms with E-state index in [0.29, 0.717) is 28.4 Å². The van der Waals surface area contributed by atoms with E-state index in [-0.39, 0.29) is 6.04 Å². The third-order valence-electron chi connectivity index (χ3n) is 5.06. The molecule has 0 fully saturated rings. The first kappa shape index (κ1) is 15.9. The van der Waals surface area contributed by atoms with Crippen molar-refractivity contribution in [3.05, 3.63) is 65.7 Å². The van der Waals surface area contributed by atoms with Gasteiger partial charge in [0.25, 0.3) is 0 Å². The molecule has 1 aliphatic rings. The number of aryl methyl sites for hydroxylation is 1. The second-order valence-electron chi connectivity index (χ2n) is 6.71. The molecular weight excluding hydrogens is 343 g/mol. The predicted molar refractivity (Wildman–Crippen MR) is 102 cm³/mol. The fourth-order valence-corrected chi connectivity index (χ4v) is 3.74. The van der Waals surface area contributed by atoms with Gasteiger partial charge >= 0.3 is 0 Å². The van der Waals surface area contributed by atoms with Crippen LogP contribution in [0.2, 0.25) is 0 Å². The van der Waals surface area contributed by atoms with Gasteiger partial charge in [-0.15, -0.1) is 0 Å². The van der Waals surface area contributed by atoms with E-state index in [1.165, 1.54) is 11.6 Å². The first-order valence-electron chi connectivity index (χ1n) is 8.76. The Hall–Kier alpha value is -3.32. The SMILES string of the molecule is Nc1ncccc1-c1nc2ccc(F)nc2n1-c1ccc2c(c1)CCC2N. The molecular formula is C20H17FN6. The van der Waals surface area contributed by atoms with Crippen molar-refractivity contribution in [3.63, 3.8) is 0 Å². The van der Waals surface area contributed by atoms with Crippen LogP contribution in [0.15, 0.2) is 48.7 Å². The summed E-state index contributed by atoms with van der Waals surface area (Å²) in [6.07, 6.45) is 3.47. The molecule has 0 saturated heterocycles. The smallest absolute Gasteiger partial charge is 0.214 e. The van der Waals surface area contributed by atoms with Gasteiger partial charge in [-0.2, -0.15) is 9.37 Å². The van der Waals surface area contributed by atoms with Crippen LogP contribution in [0, 0.1) is 5.95 Å². The number of nitrogens with two attached hydrogens (primary N) is 2. The maximum atomic E-state index is 13.9. The molecule has 1 unspecified atom stereocenters. The van der Waals surface area contributed by atoms with Crippen LogP contribution in [-0.4, -0.2) is 19.5 Å². The van der Waals surface area contributed by atoms with E-state index in [4.69, 9.17) is 11.5 Å². The largest absolute Gasteiger partial charge is 0.383 e. The quantitative estimate of drug-likeness (QED) is 0.535. The van der Waals surface area contributed by atoms with Crippen molar-refractivity contribution in [2.75, 3.05) is 5.73 Å². The fourth-order valence-electron chi connectivity index (χ4n) is 3.74. The van der Waals surface area contributed by atoms with Gasteiger partial charge in [0.2, 0.25) is 5.95 Å². The Morgan fingerprint density at radius 3 is 2.85 bits per heavy atom. The van der Waals surface area contributed by atoms with Crippen LogP contribution in [0.25, 0.3) is 28.2 Å². The molecule has 6 nitrogen and oxygen atoms in total. The highest BCUT2D eigenvalue weighted by Gasteiger charge is 2.22. The number of hydrogen-bond acceptors (Lipinski definition) is 5. The van der Waals surface area contributed by atoms with Crippen LogP contribution in [0.5, 0.6) is 0 Å². The molecule has 134 valence electrons. The molecule has 5 rings (SSSR count). The number of halogens is 1. The van der Waals surface area contributed by atoms with Crippen LogP contribution in [0.4, 0.5) is 10.2 Å². The molecule has 0 aliphatic heterocycles. The highest BCUT2D eigenvalue weighted by molar-refractivity contribution is 5.82. The van der Waals surface area contributed by atoms with E-state index >= 15 is 0 Å². The Bertz CT molecular complexity index is 1180. The van der Waals surface area contributed by atoms with Crippen LogP contribution in [-0.2, 0) is 6.42 Å². The minimum atomic E-state index is -0.558. The number of nitrogen functional groups attached to an aromatic ring is 1. The normalized spacial score (nSPS) is 16.0. The molecule has 4 N–H and O–H groups in total. The lowest BCUT2D eigenvalue weighted by atomic mass is 10.1. The lowest BCUT2D eigenvalue weighted by Crippen LogP contribution is -2.06. The number of nitrogens with zero attached hydrogens (tertiary/aromatic N) is 4. The first-order chi connectivity index (χ1) is 13.1. The molecule has 27 heavy (non-hydrogen) atoms. The molecule has 3 heterocycles. The van der Waals surface area contributed by atoms with Crippen molar-refractivity contribution in [3.8, 4) is 17.1 Å². The number of pyridine rings is 2. The first-order valence-corrected chi connectivity index (χ1v) is 8.76. The van der Waals surface area contributed by atoms with Gasteiger partial charge in [0, 0.05) is 17.9 Å². The second kappa shape index (κ2) is 5.85. The monoisotopic (exact) mass is 360 g/mol. The summed E-state index contributed by atoms with van der Waals surface area (Å²) in [5.74, 6) is 0.381. The third-order valence-corrected chi connectivity index (χ3v) is 5.06. The number of benzene rings is 1. The average molecular weight is 360 g/mol. The van der Waals surface area contributed by atoms with Gasteiger partial charge in [-0.05, 0) is 60.4 Å². The zero-order valence-electron chi connectivity index (χ0n) is 14.4. The molecule has 7 heteroatoms. The van der Waals surface area contributed by atoms with Gasteiger partial charge in [-0.3, -0.25) is 4.57 Å². The Labute approximate surface area is 154 Å². The summed E-state index contributed by atoms with van der Waals surface area (Å²) in [6.45, 7) is 0. The molecule has 0 bridgehead atoms. The van der Waals surface area contributed by atoms with Gasteiger partial charge in [0.05, 0.1) is 5.56 Å². The summed E-state index contributed by atoms with van der Waals surface area (Å²) >= 11 is 0. The molecule has 0 radical (unpaired) electrons. The predicted octanol–water partition coefficient (Wildman–Crippen LogP) is 3.15. The van der Waals surface area contributed by atoms with Gasteiger partial charge in [0.15, 0.2) is 11.5 Å². The minimum absolute atomic E-state index is 0.0672. The Morgan fingerprint density at radius 2 is 2.00 bits per heavy atom. The average Bonchev–Trinajstić information content (AvgIpc) is 3.22. The number of aromatic nitrogens is 4. The highest BCUT2D eigenvalue weighted by Crippen LogP contribution is 2.34. The molecule has 0 amide bonds. The van der Waals surface area contributed by atoms with Crippen LogP contribution in [0.1, 0.15) is 23.6 Å². The second-order valence-corrected chi connectivity index (χ2v) is 6.71. The van der Waals surface area contributed by atoms with E-state index in [1.54, 1.807) is 18.3 Å². The van der Waals surface area contributed by atoms with Gasteiger partial charge in [-0.1, -0.05) is 6.07 Å². The Balaban J connectivity index is 1.81. The van der Waals surface area contributed by atoms with Crippen molar-refractivity contribution >= 4 is 17.0 Å². The number of rotatable bonds is 2. The van der Waals surface area contributed by atoms with Gasteiger partial charge in [-0.25, -0.2) is 9.97 Å². The van der Waals surface area contributed by atoms with E-state index < -0.39 is 5.95 Å². The number of imidazole rings is 1. The van der Waals surface area contributed by atoms with E-state index in [1.807, 2.05) is 22.8 Å². The summed E-state index contributed by atoms with van der Waals surface area (Å²) in [5.41, 5.74) is 17.2. The number of hydrogen-bond donors (Lipinski definition) is 2. The molecule has 1 atom stereocenters. The summed E-state index contributed by atoms with van der Waals surface area (Å²) < 4.78 is 15.7. The van der Waals surface area contributed by atoms with Crippen LogP contribution >= 0.6 is 0 Å². The third kappa shape index (κ3) is 2.47. The Kier molecular flexibility index (Phi) is 3.45. The van der Waals surface area contributed by atoms with E-state index in [9.17, 15) is 4.39 Å². The fraction of sp³-hybridized carbons (Fsp3) is 0.150. The van der Waals surface area contributed by atoms with E-state index in [0.717, 1.165) is 24.1 Å². The maximum absolute atomic E-state index is 13.9. The topological polar surface area (TPSA) is 95.6 Å². The minimum Gasteiger partial charge on any atom is -0.383 e. The molecule has 0 saturated carbocycles. The lowest BCUT2D eigenvalue weighted by Gasteiger charge is -2.12. The summed E-state index contributed by atoms with van der Waals surface area (Å²) in [6, 6.07) is 12.7. The molecule has 1 aromatic carbocycles. The van der Waals surface area contributed by atoms with Gasteiger partial charge < -0.3 is 11.5 Å². The zero-order chi connectivity index (χ0) is 18.5. The molecule has 0 spiro atoms. The van der Waals surface area contributed by atoms with Crippen LogP contribution < -0.4 is 11.5 Å². The lowest BCUT2D eigenvalue weighted by molar-refractivity contribution is 0.587. The van der Waals surface area contributed by atoms with Crippen molar-refractivity contribution in [2.45, 2.75) is 18.9 Å². The maximum Gasteiger partial charge on any atom is 0.214 e. The van der Waals surface area contributed by atoms with Crippen molar-refractivity contribution in [1.29, 1.82) is 0 Å². The van der Waals surface area contributed by atoms with E-state index in [2.05, 4.69) is 21.0 Å². The van der Waals surface area contributed by atoms with Gasteiger partial charge in [0.1, 0.15) is 11.3 Å². The summed E-state index contributed by atoms with van der Waals surface area (Å²) in [4.78, 5) is 12.9. The molecule has 4 aromatic rings. The zero-order valence-corrected chi connectivity index (χ0v) is 14.4. The number of anilines is 1. The standard InChI is InChI=1S/C20H17FN6/c21-17-8-7-16-20(26-17)27(19(25-16)14-2-1-9-24-18(14)23)12-4-5-13-11(10-12)3-6-15(13)22/h1-2,4-5,7-10,15H,3,6,22H2,(H2,23,24). The van der Waals surface area contributed by atoms with Crippen molar-refractivity contribution < 1.29 is 4.39 Å². The molecule has 3 aromatic heterocycles. The number of fused-ring (bicyclic) bond motifs is 2. The molecule has 1 aliphatic carbocycles. The summed E-state index contributed by atoms with van der Waals surface area (Å²) in [5, 5.41) is 0. The van der Waals surface area contributed by atoms with Crippen molar-refractivity contribution in [2.24, 2.45) is 5.73 Å². The van der Waals surface area contributed by atoms with Crippen LogP contribution in [0.3, 0.4) is 0 Å². The summed E-state index contributed by atoms with van der Waals surface area (Å²) in [7, 11) is 0. The Morgan fingerprint density at radius 1 is 1.11 bits per heavy atom. The van der Waals surface area contributed by atoms with Crippen molar-refractivity contribution in [1.82, 2.24) is 19.5 Å².